The Bertz CT molecular complexity index is 212. The third-order valence-corrected chi connectivity index (χ3v) is 2.89. The van der Waals surface area contributed by atoms with Crippen LogP contribution in [0.5, 0.6) is 0 Å². The number of ether oxygens (including phenoxy) is 1. The topological polar surface area (TPSA) is 26.3 Å². The highest BCUT2D eigenvalue weighted by atomic mass is 16.5. The van der Waals surface area contributed by atoms with Crippen LogP contribution in [0.15, 0.2) is 11.6 Å². The zero-order valence-corrected chi connectivity index (χ0v) is 9.21. The van der Waals surface area contributed by atoms with Gasteiger partial charge in [0.05, 0.1) is 7.11 Å². The lowest BCUT2D eigenvalue weighted by Crippen LogP contribution is -2.17. The summed E-state index contributed by atoms with van der Waals surface area (Å²) in [5.74, 6) is 0.329. The zero-order chi connectivity index (χ0) is 10.4. The molecule has 0 aromatic heterocycles. The van der Waals surface area contributed by atoms with E-state index in [4.69, 9.17) is 4.74 Å². The molecule has 0 N–H and O–H groups in total. The molecule has 0 saturated heterocycles. The van der Waals surface area contributed by atoms with E-state index in [1.165, 1.54) is 26.4 Å². The maximum Gasteiger partial charge on any atom is 0.333 e. The van der Waals surface area contributed by atoms with Gasteiger partial charge < -0.3 is 4.74 Å². The van der Waals surface area contributed by atoms with Gasteiger partial charge in [-0.2, -0.15) is 0 Å². The van der Waals surface area contributed by atoms with Crippen LogP contribution in [0.1, 0.15) is 45.4 Å². The fraction of sp³-hybridized carbons (Fsp3) is 0.750. The highest BCUT2D eigenvalue weighted by Crippen LogP contribution is 2.30. The molecule has 2 nitrogen and oxygen atoms in total. The number of hydrogen-bond acceptors (Lipinski definition) is 2. The van der Waals surface area contributed by atoms with Crippen LogP contribution in [0.25, 0.3) is 0 Å². The van der Waals surface area contributed by atoms with E-state index in [9.17, 15) is 4.79 Å². The van der Waals surface area contributed by atoms with Crippen LogP contribution in [0.4, 0.5) is 0 Å². The number of carbonyl (C=O) groups excluding carboxylic acids is 1. The van der Waals surface area contributed by atoms with Crippen LogP contribution < -0.4 is 0 Å². The Morgan fingerprint density at radius 2 is 2.00 bits per heavy atom. The van der Waals surface area contributed by atoms with Crippen molar-refractivity contribution in [2.24, 2.45) is 5.92 Å². The van der Waals surface area contributed by atoms with E-state index in [2.05, 4.69) is 6.92 Å². The Kier molecular flexibility index (Phi) is 4.71. The Hall–Kier alpha value is -0.790. The minimum Gasteiger partial charge on any atom is -0.466 e. The molecule has 0 radical (unpaired) electrons. The van der Waals surface area contributed by atoms with Crippen molar-refractivity contribution in [2.75, 3.05) is 7.11 Å². The highest BCUT2D eigenvalue weighted by molar-refractivity contribution is 5.88. The molecule has 0 heterocycles. The van der Waals surface area contributed by atoms with Crippen LogP contribution in [-0.2, 0) is 9.53 Å². The fourth-order valence-electron chi connectivity index (χ4n) is 2.17. The summed E-state index contributed by atoms with van der Waals surface area (Å²) in [5.41, 5.74) is 0.912. The lowest BCUT2D eigenvalue weighted by Gasteiger charge is -2.22. The first kappa shape index (κ1) is 11.3. The fourth-order valence-corrected chi connectivity index (χ4v) is 2.17. The summed E-state index contributed by atoms with van der Waals surface area (Å²) in [4.78, 5) is 11.5. The SMILES string of the molecule is CCC=C(C(=O)OC)C1CCCCC1. The predicted molar refractivity (Wildman–Crippen MR) is 57.0 cm³/mol. The van der Waals surface area contributed by atoms with Crippen molar-refractivity contribution in [1.29, 1.82) is 0 Å². The van der Waals surface area contributed by atoms with Crippen molar-refractivity contribution in [2.45, 2.75) is 45.4 Å². The second-order valence-corrected chi connectivity index (χ2v) is 3.89. The molecule has 0 aromatic carbocycles. The quantitative estimate of drug-likeness (QED) is 0.512. The smallest absolute Gasteiger partial charge is 0.333 e. The molecule has 80 valence electrons. The van der Waals surface area contributed by atoms with E-state index in [0.29, 0.717) is 5.92 Å². The van der Waals surface area contributed by atoms with Gasteiger partial charge in [0.25, 0.3) is 0 Å². The van der Waals surface area contributed by atoms with Crippen molar-refractivity contribution in [3.63, 3.8) is 0 Å². The third kappa shape index (κ3) is 2.86. The molecule has 0 amide bonds. The van der Waals surface area contributed by atoms with Crippen LogP contribution in [0.3, 0.4) is 0 Å². The molecule has 0 bridgehead atoms. The maximum absolute atomic E-state index is 11.5. The first-order chi connectivity index (χ1) is 6.79. The summed E-state index contributed by atoms with van der Waals surface area (Å²) >= 11 is 0. The van der Waals surface area contributed by atoms with Gasteiger partial charge in [0.2, 0.25) is 0 Å². The Labute approximate surface area is 86.3 Å². The predicted octanol–water partition coefficient (Wildman–Crippen LogP) is 3.08. The van der Waals surface area contributed by atoms with Gasteiger partial charge in [0.1, 0.15) is 0 Å². The Morgan fingerprint density at radius 3 is 2.50 bits per heavy atom. The monoisotopic (exact) mass is 196 g/mol. The van der Waals surface area contributed by atoms with Crippen LogP contribution in [0, 0.1) is 5.92 Å². The van der Waals surface area contributed by atoms with Crippen LogP contribution in [0.2, 0.25) is 0 Å². The van der Waals surface area contributed by atoms with Gasteiger partial charge in [-0.3, -0.25) is 0 Å². The summed E-state index contributed by atoms with van der Waals surface area (Å²) in [6, 6.07) is 0. The van der Waals surface area contributed by atoms with E-state index >= 15 is 0 Å². The molecule has 0 atom stereocenters. The van der Waals surface area contributed by atoms with Gasteiger partial charge in [0, 0.05) is 5.57 Å². The number of hydrogen-bond donors (Lipinski definition) is 0. The van der Waals surface area contributed by atoms with Crippen molar-refractivity contribution < 1.29 is 9.53 Å². The maximum atomic E-state index is 11.5. The number of rotatable bonds is 3. The van der Waals surface area contributed by atoms with E-state index in [1.54, 1.807) is 0 Å². The van der Waals surface area contributed by atoms with Gasteiger partial charge in [0.15, 0.2) is 0 Å². The molecule has 1 aliphatic rings. The molecular formula is C12H20O2. The molecule has 0 unspecified atom stereocenters. The summed E-state index contributed by atoms with van der Waals surface area (Å²) in [7, 11) is 1.47. The number of allylic oxidation sites excluding steroid dienone is 1. The van der Waals surface area contributed by atoms with Crippen LogP contribution >= 0.6 is 0 Å². The lowest BCUT2D eigenvalue weighted by molar-refractivity contribution is -0.136. The molecular weight excluding hydrogens is 176 g/mol. The molecule has 2 heteroatoms. The Balaban J connectivity index is 2.66. The molecule has 14 heavy (non-hydrogen) atoms. The minimum absolute atomic E-state index is 0.126. The van der Waals surface area contributed by atoms with Gasteiger partial charge in [-0.05, 0) is 25.2 Å². The van der Waals surface area contributed by atoms with Gasteiger partial charge in [-0.1, -0.05) is 32.3 Å². The average molecular weight is 196 g/mol. The second-order valence-electron chi connectivity index (χ2n) is 3.89. The standard InChI is InChI=1S/C12H20O2/c1-3-7-11(12(13)14-2)10-8-5-4-6-9-10/h7,10H,3-6,8-9H2,1-2H3. The number of esters is 1. The summed E-state index contributed by atoms with van der Waals surface area (Å²) in [6.07, 6.45) is 9.08. The molecule has 1 rings (SSSR count). The lowest BCUT2D eigenvalue weighted by atomic mass is 9.83. The normalized spacial score (nSPS) is 19.4. The van der Waals surface area contributed by atoms with Crippen molar-refractivity contribution in [3.05, 3.63) is 11.6 Å². The molecule has 1 saturated carbocycles. The molecule has 1 fully saturated rings. The highest BCUT2D eigenvalue weighted by Gasteiger charge is 2.22. The van der Waals surface area contributed by atoms with Crippen LogP contribution in [-0.4, -0.2) is 13.1 Å². The van der Waals surface area contributed by atoms with E-state index in [0.717, 1.165) is 24.8 Å². The van der Waals surface area contributed by atoms with Gasteiger partial charge in [-0.25, -0.2) is 4.79 Å². The van der Waals surface area contributed by atoms with E-state index in [1.807, 2.05) is 6.08 Å². The Morgan fingerprint density at radius 1 is 1.36 bits per heavy atom. The first-order valence-electron chi connectivity index (χ1n) is 5.58. The van der Waals surface area contributed by atoms with Crippen molar-refractivity contribution in [1.82, 2.24) is 0 Å². The molecule has 0 spiro atoms. The second kappa shape index (κ2) is 5.84. The average Bonchev–Trinajstić information content (AvgIpc) is 2.26. The summed E-state index contributed by atoms with van der Waals surface area (Å²) in [5, 5.41) is 0. The third-order valence-electron chi connectivity index (χ3n) is 2.89. The van der Waals surface area contributed by atoms with E-state index in [-0.39, 0.29) is 5.97 Å². The zero-order valence-electron chi connectivity index (χ0n) is 9.21. The minimum atomic E-state index is -0.126. The largest absolute Gasteiger partial charge is 0.466 e. The molecule has 0 aromatic rings. The first-order valence-corrected chi connectivity index (χ1v) is 5.58. The molecule has 0 aliphatic heterocycles. The number of methoxy groups -OCH3 is 1. The van der Waals surface area contributed by atoms with Gasteiger partial charge >= 0.3 is 5.97 Å². The van der Waals surface area contributed by atoms with Crippen molar-refractivity contribution in [3.8, 4) is 0 Å². The number of carbonyl (C=O) groups is 1. The van der Waals surface area contributed by atoms with E-state index < -0.39 is 0 Å². The van der Waals surface area contributed by atoms with Gasteiger partial charge in [-0.15, -0.1) is 0 Å². The molecule has 1 aliphatic carbocycles. The van der Waals surface area contributed by atoms with Crippen molar-refractivity contribution >= 4 is 5.97 Å². The summed E-state index contributed by atoms with van der Waals surface area (Å²) in [6.45, 7) is 2.06. The summed E-state index contributed by atoms with van der Waals surface area (Å²) < 4.78 is 4.81.